The van der Waals surface area contributed by atoms with Crippen molar-refractivity contribution in [1.82, 2.24) is 4.57 Å². The molecule has 0 saturated heterocycles. The highest BCUT2D eigenvalue weighted by molar-refractivity contribution is 7.26. The molecule has 2 nitrogen and oxygen atoms in total. The number of hydrogen-bond donors (Lipinski definition) is 0. The lowest BCUT2D eigenvalue weighted by atomic mass is 9.94. The lowest BCUT2D eigenvalue weighted by Crippen LogP contribution is -2.11. The monoisotopic (exact) mass is 820 g/mol. The van der Waals surface area contributed by atoms with Crippen LogP contribution in [0.1, 0.15) is 0 Å². The summed E-state index contributed by atoms with van der Waals surface area (Å²) in [6, 6.07) is 88.4. The van der Waals surface area contributed by atoms with Gasteiger partial charge < -0.3 is 9.47 Å². The van der Waals surface area contributed by atoms with E-state index in [-0.39, 0.29) is 0 Å². The Bertz CT molecular complexity index is 3610. The Balaban J connectivity index is 1.08. The summed E-state index contributed by atoms with van der Waals surface area (Å²) >= 11 is 1.88. The predicted molar refractivity (Wildman–Crippen MR) is 270 cm³/mol. The molecule has 0 aliphatic rings. The normalized spacial score (nSPS) is 11.5. The van der Waals surface area contributed by atoms with Gasteiger partial charge in [0.15, 0.2) is 0 Å². The van der Waals surface area contributed by atoms with Crippen molar-refractivity contribution >= 4 is 70.4 Å². The first-order valence-electron chi connectivity index (χ1n) is 21.5. The van der Waals surface area contributed by atoms with Crippen LogP contribution in [0.15, 0.2) is 243 Å². The van der Waals surface area contributed by atoms with E-state index in [1.54, 1.807) is 0 Å². The second-order valence-electron chi connectivity index (χ2n) is 16.1. The number of para-hydroxylation sites is 2. The van der Waals surface area contributed by atoms with Crippen LogP contribution in [-0.4, -0.2) is 4.57 Å². The van der Waals surface area contributed by atoms with Gasteiger partial charge in [-0.25, -0.2) is 0 Å². The maximum Gasteiger partial charge on any atom is 0.0561 e. The molecule has 0 spiro atoms. The average Bonchev–Trinajstić information content (AvgIpc) is 3.91. The van der Waals surface area contributed by atoms with Gasteiger partial charge in [0, 0.05) is 53.6 Å². The lowest BCUT2D eigenvalue weighted by molar-refractivity contribution is 1.18. The first kappa shape index (κ1) is 36.8. The molecule has 296 valence electrons. The van der Waals surface area contributed by atoms with Gasteiger partial charge in [-0.15, -0.1) is 11.3 Å². The van der Waals surface area contributed by atoms with Crippen molar-refractivity contribution in [3.63, 3.8) is 0 Å². The zero-order valence-electron chi connectivity index (χ0n) is 34.4. The minimum absolute atomic E-state index is 1.08. The molecular formula is C60H40N2S. The second-order valence-corrected chi connectivity index (χ2v) is 17.1. The van der Waals surface area contributed by atoms with E-state index in [0.717, 1.165) is 28.3 Å². The predicted octanol–water partition coefficient (Wildman–Crippen LogP) is 17.3. The molecule has 0 fully saturated rings. The van der Waals surface area contributed by atoms with Gasteiger partial charge in [-0.1, -0.05) is 182 Å². The third-order valence-corrected chi connectivity index (χ3v) is 13.6. The summed E-state index contributed by atoms with van der Waals surface area (Å²) in [5.74, 6) is 0. The summed E-state index contributed by atoms with van der Waals surface area (Å²) in [4.78, 5) is 2.43. The molecule has 0 atom stereocenters. The molecule has 0 radical (unpaired) electrons. The van der Waals surface area contributed by atoms with Gasteiger partial charge in [-0.05, 0) is 99.6 Å². The molecule has 0 bridgehead atoms. The van der Waals surface area contributed by atoms with Crippen LogP contribution in [0.5, 0.6) is 0 Å². The summed E-state index contributed by atoms with van der Waals surface area (Å²) in [5.41, 5.74) is 16.3. The number of fused-ring (bicyclic) bond motifs is 6. The molecule has 2 heterocycles. The number of aromatic nitrogens is 1. The molecule has 0 aliphatic heterocycles. The van der Waals surface area contributed by atoms with Crippen molar-refractivity contribution in [2.75, 3.05) is 4.90 Å². The van der Waals surface area contributed by atoms with E-state index in [1.165, 1.54) is 81.0 Å². The van der Waals surface area contributed by atoms with Crippen LogP contribution in [-0.2, 0) is 0 Å². The number of anilines is 3. The molecule has 0 unspecified atom stereocenters. The van der Waals surface area contributed by atoms with E-state index in [2.05, 4.69) is 252 Å². The maximum absolute atomic E-state index is 2.45. The van der Waals surface area contributed by atoms with Gasteiger partial charge in [0.1, 0.15) is 0 Å². The second kappa shape index (κ2) is 15.5. The van der Waals surface area contributed by atoms with Crippen molar-refractivity contribution in [2.45, 2.75) is 0 Å². The summed E-state index contributed by atoms with van der Waals surface area (Å²) in [7, 11) is 0. The van der Waals surface area contributed by atoms with Crippen LogP contribution >= 0.6 is 11.3 Å². The van der Waals surface area contributed by atoms with Gasteiger partial charge in [0.25, 0.3) is 0 Å². The average molecular weight is 821 g/mol. The highest BCUT2D eigenvalue weighted by Crippen LogP contribution is 2.47. The van der Waals surface area contributed by atoms with Crippen molar-refractivity contribution < 1.29 is 0 Å². The van der Waals surface area contributed by atoms with Crippen LogP contribution in [0, 0.1) is 0 Å². The maximum atomic E-state index is 2.45. The molecule has 2 aromatic heterocycles. The van der Waals surface area contributed by atoms with Gasteiger partial charge >= 0.3 is 0 Å². The largest absolute Gasteiger partial charge is 0.310 e. The minimum Gasteiger partial charge on any atom is -0.310 e. The minimum atomic E-state index is 1.08. The molecule has 0 saturated carbocycles. The van der Waals surface area contributed by atoms with E-state index in [1.807, 2.05) is 11.3 Å². The molecule has 0 N–H and O–H groups in total. The fourth-order valence-electron chi connectivity index (χ4n) is 9.50. The quantitative estimate of drug-likeness (QED) is 0.148. The Morgan fingerprint density at radius 2 is 0.921 bits per heavy atom. The zero-order valence-corrected chi connectivity index (χ0v) is 35.2. The smallest absolute Gasteiger partial charge is 0.0561 e. The number of hydrogen-bond acceptors (Lipinski definition) is 2. The third-order valence-electron chi connectivity index (χ3n) is 12.4. The van der Waals surface area contributed by atoms with Gasteiger partial charge in [-0.3, -0.25) is 0 Å². The van der Waals surface area contributed by atoms with Crippen LogP contribution in [0.2, 0.25) is 0 Å². The standard InChI is InChI=1S/C60H40N2S/c1-5-18-41(19-6-1)48-35-33-46(39-54(48)42-20-7-2-8-21-42)62-56-30-15-13-26-50(56)51-36-34-47(40-58(51)62)61(45-24-11-4-12-25-45)57-37-32-44(38-55(57)43-22-9-3-10-23-43)49-28-17-29-53-52-27-14-16-31-59(52)63-60(49)53/h1-40H. The number of benzene rings is 10. The Hall–Kier alpha value is -7.98. The summed E-state index contributed by atoms with van der Waals surface area (Å²) in [5, 5.41) is 5.05. The van der Waals surface area contributed by atoms with E-state index < -0.39 is 0 Å². The zero-order chi connectivity index (χ0) is 41.7. The van der Waals surface area contributed by atoms with Crippen molar-refractivity contribution in [1.29, 1.82) is 0 Å². The molecule has 0 aliphatic carbocycles. The summed E-state index contributed by atoms with van der Waals surface area (Å²) < 4.78 is 5.08. The van der Waals surface area contributed by atoms with Crippen molar-refractivity contribution in [2.24, 2.45) is 0 Å². The highest BCUT2D eigenvalue weighted by Gasteiger charge is 2.22. The van der Waals surface area contributed by atoms with Crippen molar-refractivity contribution in [3.05, 3.63) is 243 Å². The van der Waals surface area contributed by atoms with Crippen LogP contribution < -0.4 is 4.90 Å². The Kier molecular flexibility index (Phi) is 9.06. The van der Waals surface area contributed by atoms with Gasteiger partial charge in [-0.2, -0.15) is 0 Å². The Morgan fingerprint density at radius 3 is 1.67 bits per heavy atom. The molecule has 12 rings (SSSR count). The molecule has 0 amide bonds. The lowest BCUT2D eigenvalue weighted by Gasteiger charge is -2.28. The van der Waals surface area contributed by atoms with Gasteiger partial charge in [0.05, 0.1) is 16.7 Å². The third kappa shape index (κ3) is 6.41. The highest BCUT2D eigenvalue weighted by atomic mass is 32.1. The summed E-state index contributed by atoms with van der Waals surface area (Å²) in [6.07, 6.45) is 0. The molecule has 12 aromatic rings. The van der Waals surface area contributed by atoms with Crippen molar-refractivity contribution in [3.8, 4) is 50.2 Å². The van der Waals surface area contributed by atoms with Crippen LogP contribution in [0.3, 0.4) is 0 Å². The Morgan fingerprint density at radius 1 is 0.317 bits per heavy atom. The first-order chi connectivity index (χ1) is 31.3. The van der Waals surface area contributed by atoms with E-state index in [9.17, 15) is 0 Å². The molecule has 63 heavy (non-hydrogen) atoms. The number of nitrogens with zero attached hydrogens (tertiary/aromatic N) is 2. The summed E-state index contributed by atoms with van der Waals surface area (Å²) in [6.45, 7) is 0. The molecule has 10 aromatic carbocycles. The topological polar surface area (TPSA) is 8.17 Å². The molecular weight excluding hydrogens is 781 g/mol. The fourth-order valence-corrected chi connectivity index (χ4v) is 10.7. The SMILES string of the molecule is c1ccc(-c2ccc(-n3c4ccccc4c4ccc(N(c5ccccc5)c5ccc(-c6cccc7c6sc6ccccc67)cc5-c5ccccc5)cc43)cc2-c2ccccc2)cc1. The number of rotatable bonds is 8. The molecule has 3 heteroatoms. The van der Waals surface area contributed by atoms with E-state index in [0.29, 0.717) is 0 Å². The van der Waals surface area contributed by atoms with E-state index in [4.69, 9.17) is 0 Å². The first-order valence-corrected chi connectivity index (χ1v) is 22.3. The number of thiophene rings is 1. The van der Waals surface area contributed by atoms with Crippen LogP contribution in [0.25, 0.3) is 92.2 Å². The fraction of sp³-hybridized carbons (Fsp3) is 0. The van der Waals surface area contributed by atoms with Gasteiger partial charge in [0.2, 0.25) is 0 Å². The Labute approximate surface area is 370 Å². The van der Waals surface area contributed by atoms with Crippen LogP contribution in [0.4, 0.5) is 17.1 Å². The van der Waals surface area contributed by atoms with E-state index >= 15 is 0 Å².